The van der Waals surface area contributed by atoms with Gasteiger partial charge in [-0.25, -0.2) is 0 Å². The summed E-state index contributed by atoms with van der Waals surface area (Å²) in [7, 11) is 6.27. The van der Waals surface area contributed by atoms with Gasteiger partial charge in [-0.2, -0.15) is 0 Å². The second kappa shape index (κ2) is 9.59. The summed E-state index contributed by atoms with van der Waals surface area (Å²) >= 11 is 5.63. The van der Waals surface area contributed by atoms with E-state index in [1.165, 1.54) is 25.9 Å². The molecule has 0 aromatic heterocycles. The van der Waals surface area contributed by atoms with Crippen LogP contribution in [0.25, 0.3) is 0 Å². The van der Waals surface area contributed by atoms with Gasteiger partial charge in [-0.15, -0.1) is 11.6 Å². The lowest BCUT2D eigenvalue weighted by Gasteiger charge is -2.35. The Kier molecular flexibility index (Phi) is 8.50. The summed E-state index contributed by atoms with van der Waals surface area (Å²) in [5, 5.41) is 0. The number of hydrogen-bond acceptors (Lipinski definition) is 3. The largest absolute Gasteiger partial charge is 0.344 e. The molecule has 1 aliphatic heterocycles. The monoisotopic (exact) mass is 303 g/mol. The van der Waals surface area contributed by atoms with E-state index in [1.54, 1.807) is 0 Å². The summed E-state index contributed by atoms with van der Waals surface area (Å²) in [5.41, 5.74) is 0. The van der Waals surface area contributed by atoms with E-state index in [0.717, 1.165) is 25.9 Å². The molecule has 0 unspecified atom stereocenters. The van der Waals surface area contributed by atoms with Crippen LogP contribution in [0.1, 0.15) is 32.1 Å². The molecule has 1 fully saturated rings. The third-order valence-electron chi connectivity index (χ3n) is 4.30. The fourth-order valence-electron chi connectivity index (χ4n) is 2.61. The SMILES string of the molecule is CN1CCC(N(C)CCN(C)C(=O)CCCCCl)CC1. The first-order chi connectivity index (χ1) is 9.54. The van der Waals surface area contributed by atoms with Crippen LogP contribution >= 0.6 is 11.6 Å². The van der Waals surface area contributed by atoms with Crippen molar-refractivity contribution in [2.45, 2.75) is 38.1 Å². The first-order valence-corrected chi connectivity index (χ1v) is 8.26. The number of piperidine rings is 1. The molecule has 0 aliphatic carbocycles. The van der Waals surface area contributed by atoms with Gasteiger partial charge in [0.15, 0.2) is 0 Å². The van der Waals surface area contributed by atoms with Crippen LogP contribution in [0.5, 0.6) is 0 Å². The molecule has 0 bridgehead atoms. The average Bonchev–Trinajstić information content (AvgIpc) is 2.45. The zero-order chi connectivity index (χ0) is 15.0. The van der Waals surface area contributed by atoms with Gasteiger partial charge in [0.2, 0.25) is 5.91 Å². The van der Waals surface area contributed by atoms with Gasteiger partial charge in [0.05, 0.1) is 0 Å². The first kappa shape index (κ1) is 17.7. The van der Waals surface area contributed by atoms with Crippen LogP contribution in [0.3, 0.4) is 0 Å². The highest BCUT2D eigenvalue weighted by Crippen LogP contribution is 2.13. The Morgan fingerprint density at radius 2 is 1.85 bits per heavy atom. The van der Waals surface area contributed by atoms with Crippen LogP contribution < -0.4 is 0 Å². The van der Waals surface area contributed by atoms with Gasteiger partial charge in [-0.1, -0.05) is 0 Å². The van der Waals surface area contributed by atoms with E-state index >= 15 is 0 Å². The average molecular weight is 304 g/mol. The Morgan fingerprint density at radius 3 is 2.45 bits per heavy atom. The van der Waals surface area contributed by atoms with Crippen LogP contribution in [0.2, 0.25) is 0 Å². The van der Waals surface area contributed by atoms with Crippen molar-refractivity contribution in [3.05, 3.63) is 0 Å². The Labute approximate surface area is 129 Å². The topological polar surface area (TPSA) is 26.8 Å². The molecule has 1 aliphatic rings. The van der Waals surface area contributed by atoms with Gasteiger partial charge in [0.1, 0.15) is 0 Å². The highest BCUT2D eigenvalue weighted by atomic mass is 35.5. The first-order valence-electron chi connectivity index (χ1n) is 7.73. The summed E-state index contributed by atoms with van der Waals surface area (Å²) in [5.74, 6) is 0.891. The van der Waals surface area contributed by atoms with Crippen LogP contribution in [-0.2, 0) is 4.79 Å². The molecule has 118 valence electrons. The molecule has 4 nitrogen and oxygen atoms in total. The number of likely N-dealkylation sites (N-methyl/N-ethyl adjacent to an activating group) is 2. The molecule has 0 atom stereocenters. The normalized spacial score (nSPS) is 17.6. The van der Waals surface area contributed by atoms with E-state index < -0.39 is 0 Å². The molecule has 0 saturated carbocycles. The molecule has 5 heteroatoms. The fraction of sp³-hybridized carbons (Fsp3) is 0.933. The highest BCUT2D eigenvalue weighted by Gasteiger charge is 2.20. The lowest BCUT2D eigenvalue weighted by Crippen LogP contribution is -2.44. The highest BCUT2D eigenvalue weighted by molar-refractivity contribution is 6.17. The number of likely N-dealkylation sites (tertiary alicyclic amines) is 1. The summed E-state index contributed by atoms with van der Waals surface area (Å²) in [4.78, 5) is 18.6. The zero-order valence-corrected chi connectivity index (χ0v) is 14.0. The third-order valence-corrected chi connectivity index (χ3v) is 4.57. The molecule has 0 N–H and O–H groups in total. The minimum absolute atomic E-state index is 0.242. The zero-order valence-electron chi connectivity index (χ0n) is 13.3. The number of carbonyl (C=O) groups is 1. The number of alkyl halides is 1. The smallest absolute Gasteiger partial charge is 0.222 e. The molecule has 0 aromatic rings. The Balaban J connectivity index is 2.19. The molecule has 1 heterocycles. The molecule has 20 heavy (non-hydrogen) atoms. The maximum absolute atomic E-state index is 11.9. The van der Waals surface area contributed by atoms with Crippen molar-refractivity contribution in [1.82, 2.24) is 14.7 Å². The van der Waals surface area contributed by atoms with Gasteiger partial charge < -0.3 is 14.7 Å². The number of hydrogen-bond donors (Lipinski definition) is 0. The number of rotatable bonds is 8. The Bertz CT molecular complexity index is 280. The molecule has 0 aromatic carbocycles. The van der Waals surface area contributed by atoms with Gasteiger partial charge in [0.25, 0.3) is 0 Å². The molecule has 1 rings (SSSR count). The Hall–Kier alpha value is -0.320. The number of carbonyl (C=O) groups excluding carboxylic acids is 1. The van der Waals surface area contributed by atoms with Gasteiger partial charge >= 0.3 is 0 Å². The second-order valence-corrected chi connectivity index (χ2v) is 6.35. The number of halogens is 1. The van der Waals surface area contributed by atoms with E-state index in [9.17, 15) is 4.79 Å². The second-order valence-electron chi connectivity index (χ2n) is 5.98. The number of nitrogens with zero attached hydrogens (tertiary/aromatic N) is 3. The molecular weight excluding hydrogens is 274 g/mol. The standard InChI is InChI=1S/C15H30ClN3O/c1-17-10-7-14(8-11-17)18(2)12-13-19(3)15(20)6-4-5-9-16/h14H,4-13H2,1-3H3. The van der Waals surface area contributed by atoms with Crippen molar-refractivity contribution in [1.29, 1.82) is 0 Å². The number of unbranched alkanes of at least 4 members (excludes halogenated alkanes) is 1. The van der Waals surface area contributed by atoms with Crippen molar-refractivity contribution < 1.29 is 4.79 Å². The van der Waals surface area contributed by atoms with Crippen molar-refractivity contribution in [2.24, 2.45) is 0 Å². The predicted octanol–water partition coefficient (Wildman–Crippen LogP) is 1.88. The quantitative estimate of drug-likeness (QED) is 0.506. The van der Waals surface area contributed by atoms with Gasteiger partial charge in [-0.05, 0) is 52.9 Å². The summed E-state index contributed by atoms with van der Waals surface area (Å²) in [6.45, 7) is 4.15. The van der Waals surface area contributed by atoms with Crippen molar-refractivity contribution >= 4 is 17.5 Å². The van der Waals surface area contributed by atoms with E-state index in [4.69, 9.17) is 11.6 Å². The van der Waals surface area contributed by atoms with E-state index in [-0.39, 0.29) is 5.91 Å². The Morgan fingerprint density at radius 1 is 1.20 bits per heavy atom. The summed E-state index contributed by atoms with van der Waals surface area (Å²) in [6, 6.07) is 0.672. The van der Waals surface area contributed by atoms with Crippen LogP contribution in [-0.4, -0.2) is 79.9 Å². The van der Waals surface area contributed by atoms with E-state index in [1.807, 2.05) is 11.9 Å². The molecule has 0 spiro atoms. The third kappa shape index (κ3) is 6.42. The van der Waals surface area contributed by atoms with Crippen LogP contribution in [0, 0.1) is 0 Å². The lowest BCUT2D eigenvalue weighted by molar-refractivity contribution is -0.130. The fourth-order valence-corrected chi connectivity index (χ4v) is 2.80. The molecule has 0 radical (unpaired) electrons. The summed E-state index contributed by atoms with van der Waals surface area (Å²) < 4.78 is 0. The minimum Gasteiger partial charge on any atom is -0.344 e. The molecule has 1 saturated heterocycles. The van der Waals surface area contributed by atoms with E-state index in [0.29, 0.717) is 18.3 Å². The van der Waals surface area contributed by atoms with Crippen LogP contribution in [0.15, 0.2) is 0 Å². The van der Waals surface area contributed by atoms with Crippen LogP contribution in [0.4, 0.5) is 0 Å². The number of amides is 1. The van der Waals surface area contributed by atoms with Gasteiger partial charge in [-0.3, -0.25) is 4.79 Å². The van der Waals surface area contributed by atoms with Crippen molar-refractivity contribution in [3.8, 4) is 0 Å². The lowest BCUT2D eigenvalue weighted by atomic mass is 10.0. The maximum atomic E-state index is 11.9. The predicted molar refractivity (Wildman–Crippen MR) is 85.4 cm³/mol. The molecular formula is C15H30ClN3O. The molecule has 1 amide bonds. The summed E-state index contributed by atoms with van der Waals surface area (Å²) in [6.07, 6.45) is 4.93. The minimum atomic E-state index is 0.242. The van der Waals surface area contributed by atoms with Gasteiger partial charge in [0, 0.05) is 38.5 Å². The maximum Gasteiger partial charge on any atom is 0.222 e. The van der Waals surface area contributed by atoms with E-state index in [2.05, 4.69) is 23.9 Å². The van der Waals surface area contributed by atoms with Crippen molar-refractivity contribution in [2.75, 3.05) is 53.2 Å². The van der Waals surface area contributed by atoms with Crippen molar-refractivity contribution in [3.63, 3.8) is 0 Å².